The van der Waals surface area contributed by atoms with Crippen LogP contribution in [0, 0.1) is 0 Å². The molecule has 0 aliphatic carbocycles. The van der Waals surface area contributed by atoms with Crippen molar-refractivity contribution in [3.63, 3.8) is 0 Å². The summed E-state index contributed by atoms with van der Waals surface area (Å²) in [5.41, 5.74) is 3.92. The summed E-state index contributed by atoms with van der Waals surface area (Å²) in [7, 11) is -16.9. The molecule has 4 rings (SSSR count). The third-order valence-electron chi connectivity index (χ3n) is 10.6. The van der Waals surface area contributed by atoms with Gasteiger partial charge in [0.15, 0.2) is 11.9 Å². The molecule has 2 heterocycles. The van der Waals surface area contributed by atoms with Crippen molar-refractivity contribution in [3.05, 3.63) is 88.1 Å². The average Bonchev–Trinajstić information content (AvgIpc) is 3.58. The van der Waals surface area contributed by atoms with Crippen LogP contribution in [-0.2, 0) is 63.4 Å². The number of rotatable bonds is 33. The summed E-state index contributed by atoms with van der Waals surface area (Å²) in [5, 5.41) is 21.1. The van der Waals surface area contributed by atoms with E-state index in [2.05, 4.69) is 16.2 Å². The van der Waals surface area contributed by atoms with Gasteiger partial charge in [-0.05, 0) is 48.2 Å². The maximum absolute atomic E-state index is 14.0. The largest absolute Gasteiger partial charge is 0.490 e. The Balaban J connectivity index is 1.34. The van der Waals surface area contributed by atoms with Crippen LogP contribution in [0.15, 0.2) is 65.7 Å². The van der Waals surface area contributed by atoms with E-state index in [1.807, 2.05) is 6.92 Å². The number of esters is 2. The van der Waals surface area contributed by atoms with Crippen LogP contribution in [0.4, 0.5) is 0 Å². The molecule has 1 aromatic heterocycles. The highest BCUT2D eigenvalue weighted by atomic mass is 31.3. The van der Waals surface area contributed by atoms with Crippen LogP contribution in [0.1, 0.15) is 144 Å². The zero-order valence-electron chi connectivity index (χ0n) is 38.7. The first-order valence-corrected chi connectivity index (χ1v) is 27.4. The number of benzene rings is 2. The number of phosphoric ester groups is 2. The summed E-state index contributed by atoms with van der Waals surface area (Å²) in [6.07, 6.45) is 10.6. The molecule has 384 valence electrons. The van der Waals surface area contributed by atoms with Crippen molar-refractivity contribution in [3.8, 4) is 11.5 Å². The summed E-state index contributed by atoms with van der Waals surface area (Å²) in [5.74, 6) is -1.65. The first kappa shape index (κ1) is 57.6. The van der Waals surface area contributed by atoms with E-state index in [-0.39, 0.29) is 35.5 Å². The minimum absolute atomic E-state index is 0.199. The Kier molecular flexibility index (Phi) is 24.0. The van der Waals surface area contributed by atoms with Gasteiger partial charge in [-0.1, -0.05) is 115 Å². The number of aliphatic hydroxyl groups excluding tert-OH is 2. The molecule has 1 aliphatic heterocycles. The monoisotopic (exact) mass is 1030 g/mol. The van der Waals surface area contributed by atoms with Gasteiger partial charge in [0.2, 0.25) is 0 Å². The Morgan fingerprint density at radius 1 is 0.667 bits per heavy atom. The fourth-order valence-corrected chi connectivity index (χ4v) is 10.9. The van der Waals surface area contributed by atoms with Gasteiger partial charge in [-0.2, -0.15) is 8.62 Å². The van der Waals surface area contributed by atoms with E-state index in [4.69, 9.17) is 37.8 Å². The van der Waals surface area contributed by atoms with Crippen molar-refractivity contribution >= 4 is 41.3 Å². The Labute approximate surface area is 400 Å². The summed E-state index contributed by atoms with van der Waals surface area (Å²) in [4.78, 5) is 73.4. The number of unbranched alkanes of at least 4 members (excludes halogenated alkanes) is 12. The number of carbonyl (C=O) groups excluding carboxylic acids is 3. The van der Waals surface area contributed by atoms with Gasteiger partial charge in [0.05, 0.1) is 19.8 Å². The van der Waals surface area contributed by atoms with Crippen molar-refractivity contribution in [2.75, 3.05) is 6.61 Å². The zero-order valence-corrected chi connectivity index (χ0v) is 41.4. The number of hydrogen-bond donors (Lipinski definition) is 5. The van der Waals surface area contributed by atoms with Crippen LogP contribution < -0.4 is 20.8 Å². The highest BCUT2D eigenvalue weighted by Crippen LogP contribution is 2.69. The summed E-state index contributed by atoms with van der Waals surface area (Å²) in [6.45, 7) is 1.81. The lowest BCUT2D eigenvalue weighted by atomic mass is 10.0. The van der Waals surface area contributed by atoms with Crippen molar-refractivity contribution in [1.82, 2.24) is 9.55 Å². The quantitative estimate of drug-likeness (QED) is 0.0168. The predicted molar refractivity (Wildman–Crippen MR) is 247 cm³/mol. The summed E-state index contributed by atoms with van der Waals surface area (Å²) in [6, 6.07) is 11.5. The molecule has 0 radical (unpaired) electrons. The molecule has 1 fully saturated rings. The van der Waals surface area contributed by atoms with Gasteiger partial charge in [-0.25, -0.2) is 18.7 Å². The van der Waals surface area contributed by atoms with E-state index in [1.54, 1.807) is 0 Å². The van der Waals surface area contributed by atoms with E-state index < -0.39 is 96.9 Å². The van der Waals surface area contributed by atoms with Crippen molar-refractivity contribution < 1.29 is 84.5 Å². The second kappa shape index (κ2) is 28.8. The van der Waals surface area contributed by atoms with Gasteiger partial charge in [0.25, 0.3) is 11.5 Å². The Hall–Kier alpha value is -3.98. The van der Waals surface area contributed by atoms with E-state index in [0.717, 1.165) is 38.1 Å². The van der Waals surface area contributed by atoms with E-state index in [9.17, 15) is 52.9 Å². The minimum Gasteiger partial charge on any atom is -0.427 e. The predicted octanol–water partition coefficient (Wildman–Crippen LogP) is 7.85. The van der Waals surface area contributed by atoms with Crippen LogP contribution in [0.25, 0.3) is 0 Å². The molecule has 0 saturated carbocycles. The van der Waals surface area contributed by atoms with E-state index >= 15 is 0 Å². The molecule has 1 aliphatic rings. The number of carbonyl (C=O) groups is 3. The minimum atomic E-state index is -5.95. The number of primary amides is 1. The Morgan fingerprint density at radius 3 is 1.64 bits per heavy atom. The maximum Gasteiger partial charge on any atom is 0.490 e. The standard InChI is InChI=1S/C44H64N3O19P3/c1-3-5-7-8-9-10-11-12-13-14-15-16-18-38(49)63-35-25-21-33(22-26-35)30-61-69(58,60-29-32-19-23-34(24-20-32)62-37(48)17-6-4-2)66-68(56,57)65-67(54,55)59-31-36-40(50)41(51)44(64-36)47-28-27-46-39(42(45)52)43(47)53/h19-28,36,40-41,44,50-51H,3-18,29-31H2,1-2H3,(H2,45,52)(H,54,55)(H,56,57)/t36-,40-,41-,44-,69?/m1/s1. The number of nitrogens with zero attached hydrogens (tertiary/aromatic N) is 2. The van der Waals surface area contributed by atoms with Crippen LogP contribution in [-0.4, -0.2) is 72.3 Å². The number of aliphatic hydroxyl groups is 2. The second-order valence-corrected chi connectivity index (χ2v) is 21.1. The van der Waals surface area contributed by atoms with E-state index in [1.165, 1.54) is 99.9 Å². The first-order chi connectivity index (χ1) is 32.8. The van der Waals surface area contributed by atoms with E-state index in [0.29, 0.717) is 17.4 Å². The number of nitrogens with two attached hydrogens (primary N) is 1. The number of phosphoric acid groups is 3. The molecule has 6 N–H and O–H groups in total. The van der Waals surface area contributed by atoms with Crippen molar-refractivity contribution in [1.29, 1.82) is 0 Å². The molecule has 22 nitrogen and oxygen atoms in total. The second-order valence-electron chi connectivity index (χ2n) is 16.3. The summed E-state index contributed by atoms with van der Waals surface area (Å²) >= 11 is 0. The highest BCUT2D eigenvalue weighted by Gasteiger charge is 2.48. The van der Waals surface area contributed by atoms with Gasteiger partial charge in [0, 0.05) is 25.2 Å². The molecule has 0 spiro atoms. The first-order valence-electron chi connectivity index (χ1n) is 22.9. The van der Waals surface area contributed by atoms with Crippen LogP contribution >= 0.6 is 23.5 Å². The molecule has 3 unspecified atom stereocenters. The Morgan fingerprint density at radius 2 is 1.14 bits per heavy atom. The van der Waals surface area contributed by atoms with Gasteiger partial charge in [0.1, 0.15) is 29.8 Å². The lowest BCUT2D eigenvalue weighted by Crippen LogP contribution is -2.38. The number of amides is 1. The van der Waals surface area contributed by atoms with Gasteiger partial charge in [-0.15, -0.1) is 0 Å². The molecule has 2 aromatic carbocycles. The van der Waals surface area contributed by atoms with Crippen molar-refractivity contribution in [2.24, 2.45) is 5.73 Å². The average molecular weight is 1030 g/mol. The highest BCUT2D eigenvalue weighted by molar-refractivity contribution is 7.67. The zero-order chi connectivity index (χ0) is 50.5. The topological polar surface area (TPSA) is 318 Å². The maximum atomic E-state index is 14.0. The van der Waals surface area contributed by atoms with Gasteiger partial charge < -0.3 is 39.9 Å². The molecular weight excluding hydrogens is 967 g/mol. The van der Waals surface area contributed by atoms with Crippen molar-refractivity contribution in [2.45, 2.75) is 154 Å². The van der Waals surface area contributed by atoms with Crippen LogP contribution in [0.3, 0.4) is 0 Å². The van der Waals surface area contributed by atoms with Crippen LogP contribution in [0.2, 0.25) is 0 Å². The number of aromatic nitrogens is 2. The molecule has 69 heavy (non-hydrogen) atoms. The third kappa shape index (κ3) is 20.3. The van der Waals surface area contributed by atoms with Gasteiger partial charge in [-0.3, -0.25) is 37.3 Å². The SMILES string of the molecule is CCCCCCCCCCCCCCC(=O)Oc1ccc(COP(=O)(OCc2ccc(OC(=O)CCCC)cc2)OP(=O)(O)OP(=O)(O)OC[C@H]2O[C@@H](n3ccnc(C(N)=O)c3=O)[C@H](O)[C@@H]2O)cc1. The molecule has 25 heteroatoms. The van der Waals surface area contributed by atoms with Gasteiger partial charge >= 0.3 is 35.4 Å². The normalized spacial score (nSPS) is 19.6. The lowest BCUT2D eigenvalue weighted by molar-refractivity contribution is -0.135. The molecular formula is C44H64N3O19P3. The number of ether oxygens (including phenoxy) is 3. The lowest BCUT2D eigenvalue weighted by Gasteiger charge is -2.22. The number of hydrogen-bond acceptors (Lipinski definition) is 18. The molecule has 1 saturated heterocycles. The molecule has 3 aromatic rings. The molecule has 7 atom stereocenters. The Bertz CT molecular complexity index is 2300. The fraction of sp³-hybridized carbons (Fsp3) is 0.568. The smallest absolute Gasteiger partial charge is 0.427 e. The summed E-state index contributed by atoms with van der Waals surface area (Å²) < 4.78 is 81.5. The fourth-order valence-electron chi connectivity index (χ4n) is 6.85. The van der Waals surface area contributed by atoms with Crippen LogP contribution in [0.5, 0.6) is 11.5 Å². The molecule has 1 amide bonds. The third-order valence-corrected chi connectivity index (χ3v) is 15.2. The molecule has 0 bridgehead atoms.